The number of hydrogen-bond donors (Lipinski definition) is 3. The van der Waals surface area contributed by atoms with Gasteiger partial charge in [0.2, 0.25) is 5.79 Å². The maximum atomic E-state index is 12.1. The van der Waals surface area contributed by atoms with Gasteiger partial charge < -0.3 is 29.5 Å². The molecular weight excluding hydrogens is 376 g/mol. The van der Waals surface area contributed by atoms with Crippen LogP contribution in [0.4, 0.5) is 0 Å². The molecule has 160 valence electrons. The SMILES string of the molecule is C=C1C2CC3(C1O)C(C1OC21)C12CCC(O)C(C)(C)C1C(OC(C)=O)C3(O)OC2. The molecule has 3 heterocycles. The van der Waals surface area contributed by atoms with Crippen molar-refractivity contribution in [2.45, 2.75) is 76.3 Å². The number of fused-ring (bicyclic) bond motifs is 4. The molecule has 2 spiro atoms. The van der Waals surface area contributed by atoms with Crippen molar-refractivity contribution >= 4 is 5.97 Å². The third-order valence-electron chi connectivity index (χ3n) is 9.71. The summed E-state index contributed by atoms with van der Waals surface area (Å²) in [7, 11) is 0. The fourth-order valence-electron chi connectivity index (χ4n) is 8.64. The fraction of sp³-hybridized carbons (Fsp3) is 0.864. The largest absolute Gasteiger partial charge is 0.456 e. The van der Waals surface area contributed by atoms with Crippen molar-refractivity contribution in [3.63, 3.8) is 0 Å². The van der Waals surface area contributed by atoms with Gasteiger partial charge in [0.1, 0.15) is 0 Å². The number of rotatable bonds is 1. The maximum absolute atomic E-state index is 12.1. The second kappa shape index (κ2) is 5.07. The lowest BCUT2D eigenvalue weighted by Gasteiger charge is -2.74. The molecule has 7 rings (SSSR count). The predicted molar refractivity (Wildman–Crippen MR) is 99.2 cm³/mol. The van der Waals surface area contributed by atoms with E-state index in [1.807, 2.05) is 13.8 Å². The summed E-state index contributed by atoms with van der Waals surface area (Å²) in [6.45, 7) is 9.74. The van der Waals surface area contributed by atoms with E-state index in [0.29, 0.717) is 31.4 Å². The number of aliphatic hydroxyl groups is 3. The van der Waals surface area contributed by atoms with Crippen LogP contribution in [0.1, 0.15) is 40.0 Å². The molecule has 3 aliphatic heterocycles. The molecule has 11 atom stereocenters. The molecule has 4 aliphatic carbocycles. The Morgan fingerprint density at radius 3 is 2.66 bits per heavy atom. The molecular formula is C22H30O7. The van der Waals surface area contributed by atoms with Crippen LogP contribution in [0, 0.1) is 34.0 Å². The van der Waals surface area contributed by atoms with Crippen LogP contribution in [0.15, 0.2) is 12.2 Å². The van der Waals surface area contributed by atoms with E-state index in [4.69, 9.17) is 14.2 Å². The summed E-state index contributed by atoms with van der Waals surface area (Å²) < 4.78 is 18.1. The van der Waals surface area contributed by atoms with Crippen molar-refractivity contribution < 1.29 is 34.3 Å². The highest BCUT2D eigenvalue weighted by Crippen LogP contribution is 2.80. The minimum Gasteiger partial charge on any atom is -0.456 e. The zero-order chi connectivity index (χ0) is 20.7. The highest BCUT2D eigenvalue weighted by Gasteiger charge is 2.88. The van der Waals surface area contributed by atoms with Crippen molar-refractivity contribution in [2.24, 2.45) is 34.0 Å². The smallest absolute Gasteiger partial charge is 0.303 e. The molecule has 29 heavy (non-hydrogen) atoms. The molecule has 7 heteroatoms. The monoisotopic (exact) mass is 406 g/mol. The van der Waals surface area contributed by atoms with Gasteiger partial charge in [-0.1, -0.05) is 20.4 Å². The van der Waals surface area contributed by atoms with Crippen LogP contribution in [-0.4, -0.2) is 64.2 Å². The summed E-state index contributed by atoms with van der Waals surface area (Å²) in [6, 6.07) is 0. The number of aliphatic hydroxyl groups excluding tert-OH is 2. The topological polar surface area (TPSA) is 109 Å². The van der Waals surface area contributed by atoms with Gasteiger partial charge in [-0.25, -0.2) is 0 Å². The van der Waals surface area contributed by atoms with E-state index in [1.165, 1.54) is 6.92 Å². The zero-order valence-corrected chi connectivity index (χ0v) is 17.1. The molecule has 4 saturated carbocycles. The third kappa shape index (κ3) is 1.76. The van der Waals surface area contributed by atoms with Crippen molar-refractivity contribution in [2.75, 3.05) is 6.61 Å². The van der Waals surface area contributed by atoms with Gasteiger partial charge in [0.15, 0.2) is 6.10 Å². The average molecular weight is 406 g/mol. The standard InChI is InChI=1S/C22H30O7/c1-9-11-7-21(17(9)25)15(14-13(11)29-14)20-6-5-12(24)19(3,4)16(20)18(28-10(2)23)22(21,26)27-8-20/h11-18,24-26H,1,5-8H2,2-4H3. The Morgan fingerprint density at radius 2 is 1.97 bits per heavy atom. The molecule has 11 unspecified atom stereocenters. The van der Waals surface area contributed by atoms with Crippen molar-refractivity contribution in [3.05, 3.63) is 12.2 Å². The van der Waals surface area contributed by atoms with Crippen LogP contribution in [0.2, 0.25) is 0 Å². The Morgan fingerprint density at radius 1 is 1.24 bits per heavy atom. The Bertz CT molecular complexity index is 820. The van der Waals surface area contributed by atoms with Crippen molar-refractivity contribution in [1.82, 2.24) is 0 Å². The van der Waals surface area contributed by atoms with E-state index >= 15 is 0 Å². The number of ether oxygens (including phenoxy) is 3. The van der Waals surface area contributed by atoms with Crippen molar-refractivity contribution in [3.8, 4) is 0 Å². The van der Waals surface area contributed by atoms with Crippen LogP contribution in [-0.2, 0) is 19.0 Å². The molecule has 3 N–H and O–H groups in total. The molecule has 0 aromatic rings. The second-order valence-corrected chi connectivity index (χ2v) is 11.0. The lowest BCUT2D eigenvalue weighted by molar-refractivity contribution is -0.459. The zero-order valence-electron chi connectivity index (χ0n) is 17.1. The molecule has 4 bridgehead atoms. The number of carbonyl (C=O) groups excluding carboxylic acids is 1. The normalized spacial score (nSPS) is 60.8. The van der Waals surface area contributed by atoms with E-state index in [1.54, 1.807) is 0 Å². The Balaban J connectivity index is 1.61. The van der Waals surface area contributed by atoms with Gasteiger partial charge in [-0.2, -0.15) is 0 Å². The first-order valence-corrected chi connectivity index (χ1v) is 10.8. The van der Waals surface area contributed by atoms with Crippen LogP contribution in [0.3, 0.4) is 0 Å². The minimum absolute atomic E-state index is 0.0201. The molecule has 0 aromatic heterocycles. The fourth-order valence-corrected chi connectivity index (χ4v) is 8.64. The average Bonchev–Trinajstić information content (AvgIpc) is 3.40. The highest BCUT2D eigenvalue weighted by molar-refractivity contribution is 5.66. The maximum Gasteiger partial charge on any atom is 0.303 e. The van der Waals surface area contributed by atoms with Gasteiger partial charge in [0.25, 0.3) is 0 Å². The molecule has 0 amide bonds. The molecule has 7 fully saturated rings. The summed E-state index contributed by atoms with van der Waals surface area (Å²) in [5.74, 6) is -2.81. The van der Waals surface area contributed by atoms with E-state index < -0.39 is 46.3 Å². The number of hydrogen-bond acceptors (Lipinski definition) is 7. The Hall–Kier alpha value is -0.990. The van der Waals surface area contributed by atoms with Gasteiger partial charge in [-0.3, -0.25) is 4.79 Å². The van der Waals surface area contributed by atoms with Gasteiger partial charge in [-0.15, -0.1) is 0 Å². The van der Waals surface area contributed by atoms with E-state index in [9.17, 15) is 20.1 Å². The highest BCUT2D eigenvalue weighted by atomic mass is 16.7. The van der Waals surface area contributed by atoms with Gasteiger partial charge >= 0.3 is 5.97 Å². The Kier molecular flexibility index (Phi) is 3.28. The van der Waals surface area contributed by atoms with Crippen LogP contribution in [0.5, 0.6) is 0 Å². The quantitative estimate of drug-likeness (QED) is 0.335. The number of carbonyl (C=O) groups is 1. The molecule has 0 aromatic carbocycles. The summed E-state index contributed by atoms with van der Waals surface area (Å²) in [4.78, 5) is 12.1. The van der Waals surface area contributed by atoms with E-state index in [2.05, 4.69) is 6.58 Å². The van der Waals surface area contributed by atoms with Gasteiger partial charge in [0.05, 0.1) is 36.4 Å². The summed E-state index contributed by atoms with van der Waals surface area (Å²) >= 11 is 0. The van der Waals surface area contributed by atoms with Gasteiger partial charge in [-0.05, 0) is 30.3 Å². The summed E-state index contributed by atoms with van der Waals surface area (Å²) in [5.41, 5.74) is -1.38. The lowest BCUT2D eigenvalue weighted by atomic mass is 9.36. The van der Waals surface area contributed by atoms with E-state index in [0.717, 1.165) is 0 Å². The summed E-state index contributed by atoms with van der Waals surface area (Å²) in [6.07, 6.45) is -0.725. The number of epoxide rings is 1. The van der Waals surface area contributed by atoms with Crippen molar-refractivity contribution in [1.29, 1.82) is 0 Å². The predicted octanol–water partition coefficient (Wildman–Crippen LogP) is 0.755. The molecule has 0 radical (unpaired) electrons. The van der Waals surface area contributed by atoms with Gasteiger partial charge in [0, 0.05) is 30.1 Å². The number of esters is 1. The lowest BCUT2D eigenvalue weighted by Crippen LogP contribution is -2.84. The molecule has 3 saturated heterocycles. The minimum atomic E-state index is -1.85. The first kappa shape index (κ1) is 18.8. The van der Waals surface area contributed by atoms with Crippen LogP contribution in [0.25, 0.3) is 0 Å². The molecule has 7 aliphatic rings. The first-order chi connectivity index (χ1) is 13.5. The Labute approximate surface area is 170 Å². The molecule has 7 nitrogen and oxygen atoms in total. The van der Waals surface area contributed by atoms with Crippen LogP contribution < -0.4 is 0 Å². The van der Waals surface area contributed by atoms with Crippen LogP contribution >= 0.6 is 0 Å². The summed E-state index contributed by atoms with van der Waals surface area (Å²) in [5, 5.41) is 34.4. The first-order valence-electron chi connectivity index (χ1n) is 10.8. The van der Waals surface area contributed by atoms with E-state index in [-0.39, 0.29) is 30.0 Å². The second-order valence-electron chi connectivity index (χ2n) is 11.0. The third-order valence-corrected chi connectivity index (χ3v) is 9.71.